The molecule has 1 fully saturated rings. The molecule has 0 radical (unpaired) electrons. The largest absolute Gasteiger partial charge is 0.508 e. The number of rotatable bonds is 4. The molecule has 19 heavy (non-hydrogen) atoms. The van der Waals surface area contributed by atoms with Crippen molar-refractivity contribution >= 4 is 5.91 Å². The summed E-state index contributed by atoms with van der Waals surface area (Å²) in [7, 11) is 0. The van der Waals surface area contributed by atoms with E-state index in [2.05, 4.69) is 0 Å². The van der Waals surface area contributed by atoms with Gasteiger partial charge in [-0.1, -0.05) is 12.1 Å². The number of ether oxygens (including phenoxy) is 1. The van der Waals surface area contributed by atoms with E-state index in [9.17, 15) is 9.90 Å². The van der Waals surface area contributed by atoms with Gasteiger partial charge in [0.25, 0.3) is 0 Å². The monoisotopic (exact) mass is 263 g/mol. The maximum atomic E-state index is 12.2. The van der Waals surface area contributed by atoms with Crippen molar-refractivity contribution in [3.05, 3.63) is 29.8 Å². The fraction of sp³-hybridized carbons (Fsp3) is 0.533. The van der Waals surface area contributed by atoms with E-state index >= 15 is 0 Å². The second-order valence-corrected chi connectivity index (χ2v) is 4.91. The number of phenols is 1. The van der Waals surface area contributed by atoms with Gasteiger partial charge in [-0.25, -0.2) is 0 Å². The third kappa shape index (κ3) is 3.96. The van der Waals surface area contributed by atoms with Crippen LogP contribution >= 0.6 is 0 Å². The highest BCUT2D eigenvalue weighted by atomic mass is 16.5. The Morgan fingerprint density at radius 3 is 3.11 bits per heavy atom. The molecule has 4 heteroatoms. The summed E-state index contributed by atoms with van der Waals surface area (Å²) in [6.07, 6.45) is 2.54. The Morgan fingerprint density at radius 1 is 1.53 bits per heavy atom. The molecular formula is C15H21NO3. The van der Waals surface area contributed by atoms with Gasteiger partial charge in [0.15, 0.2) is 0 Å². The standard InChI is InChI=1S/C15H21NO3/c1-2-19-14-7-4-8-16(11-14)15(18)10-12-5-3-6-13(17)9-12/h3,5-6,9,14,17H,2,4,7-8,10-11H2,1H3. The van der Waals surface area contributed by atoms with Crippen LogP contribution < -0.4 is 0 Å². The molecule has 1 saturated heterocycles. The first-order chi connectivity index (χ1) is 9.19. The van der Waals surface area contributed by atoms with Crippen molar-refractivity contribution in [2.75, 3.05) is 19.7 Å². The molecule has 104 valence electrons. The molecule has 1 aliphatic rings. The Bertz CT molecular complexity index is 431. The predicted molar refractivity (Wildman–Crippen MR) is 73.0 cm³/mol. The number of amides is 1. The van der Waals surface area contributed by atoms with Crippen LogP contribution in [0.2, 0.25) is 0 Å². The van der Waals surface area contributed by atoms with Gasteiger partial charge in [0.2, 0.25) is 5.91 Å². The maximum absolute atomic E-state index is 12.2. The SMILES string of the molecule is CCOC1CCCN(C(=O)Cc2cccc(O)c2)C1. The van der Waals surface area contributed by atoms with Crippen molar-refractivity contribution in [1.82, 2.24) is 4.90 Å². The topological polar surface area (TPSA) is 49.8 Å². The molecule has 1 aliphatic heterocycles. The minimum absolute atomic E-state index is 0.106. The summed E-state index contributed by atoms with van der Waals surface area (Å²) in [5.74, 6) is 0.311. The number of hydrogen-bond acceptors (Lipinski definition) is 3. The second kappa shape index (κ2) is 6.57. The van der Waals surface area contributed by atoms with Crippen LogP contribution in [0.1, 0.15) is 25.3 Å². The summed E-state index contributed by atoms with van der Waals surface area (Å²) in [6, 6.07) is 6.88. The molecular weight excluding hydrogens is 242 g/mol. The molecule has 1 atom stereocenters. The number of benzene rings is 1. The highest BCUT2D eigenvalue weighted by Crippen LogP contribution is 2.16. The lowest BCUT2D eigenvalue weighted by Gasteiger charge is -2.32. The molecule has 0 spiro atoms. The Hall–Kier alpha value is -1.55. The fourth-order valence-electron chi connectivity index (χ4n) is 2.49. The summed E-state index contributed by atoms with van der Waals surface area (Å²) in [5.41, 5.74) is 0.850. The van der Waals surface area contributed by atoms with E-state index in [1.165, 1.54) is 0 Å². The van der Waals surface area contributed by atoms with Crippen molar-refractivity contribution < 1.29 is 14.6 Å². The van der Waals surface area contributed by atoms with Crippen molar-refractivity contribution in [1.29, 1.82) is 0 Å². The third-order valence-corrected chi connectivity index (χ3v) is 3.40. The number of carbonyl (C=O) groups is 1. The zero-order chi connectivity index (χ0) is 13.7. The van der Waals surface area contributed by atoms with Crippen molar-refractivity contribution in [2.45, 2.75) is 32.3 Å². The van der Waals surface area contributed by atoms with E-state index in [-0.39, 0.29) is 17.8 Å². The summed E-state index contributed by atoms with van der Waals surface area (Å²) >= 11 is 0. The number of hydrogen-bond donors (Lipinski definition) is 1. The van der Waals surface area contributed by atoms with Gasteiger partial charge in [0.1, 0.15) is 5.75 Å². The van der Waals surface area contributed by atoms with Crippen LogP contribution in [0, 0.1) is 0 Å². The fourth-order valence-corrected chi connectivity index (χ4v) is 2.49. The van der Waals surface area contributed by atoms with Crippen LogP contribution in [-0.4, -0.2) is 41.7 Å². The number of carbonyl (C=O) groups excluding carboxylic acids is 1. The van der Waals surface area contributed by atoms with Crippen LogP contribution in [0.15, 0.2) is 24.3 Å². The van der Waals surface area contributed by atoms with E-state index in [0.717, 1.165) is 24.9 Å². The minimum Gasteiger partial charge on any atom is -0.508 e. The van der Waals surface area contributed by atoms with Crippen LogP contribution in [0.25, 0.3) is 0 Å². The Morgan fingerprint density at radius 2 is 2.37 bits per heavy atom. The van der Waals surface area contributed by atoms with Gasteiger partial charge >= 0.3 is 0 Å². The highest BCUT2D eigenvalue weighted by molar-refractivity contribution is 5.79. The van der Waals surface area contributed by atoms with Gasteiger partial charge in [-0.05, 0) is 37.5 Å². The number of phenolic OH excluding ortho intramolecular Hbond substituents is 1. The quantitative estimate of drug-likeness (QED) is 0.903. The highest BCUT2D eigenvalue weighted by Gasteiger charge is 2.23. The first-order valence-corrected chi connectivity index (χ1v) is 6.86. The molecule has 0 bridgehead atoms. The molecule has 1 aromatic carbocycles. The number of nitrogens with zero attached hydrogens (tertiary/aromatic N) is 1. The average molecular weight is 263 g/mol. The van der Waals surface area contributed by atoms with Crippen LogP contribution in [-0.2, 0) is 16.0 Å². The van der Waals surface area contributed by atoms with Gasteiger partial charge in [0, 0.05) is 19.7 Å². The summed E-state index contributed by atoms with van der Waals surface area (Å²) in [6.45, 7) is 4.17. The minimum atomic E-state index is 0.106. The molecule has 0 aliphatic carbocycles. The number of likely N-dealkylation sites (tertiary alicyclic amines) is 1. The molecule has 0 saturated carbocycles. The van der Waals surface area contributed by atoms with Gasteiger partial charge in [-0.15, -0.1) is 0 Å². The molecule has 1 heterocycles. The lowest BCUT2D eigenvalue weighted by atomic mass is 10.1. The van der Waals surface area contributed by atoms with Crippen LogP contribution in [0.4, 0.5) is 0 Å². The molecule has 4 nitrogen and oxygen atoms in total. The lowest BCUT2D eigenvalue weighted by Crippen LogP contribution is -2.43. The zero-order valence-corrected chi connectivity index (χ0v) is 11.3. The average Bonchev–Trinajstić information content (AvgIpc) is 2.39. The normalized spacial score (nSPS) is 19.4. The zero-order valence-electron chi connectivity index (χ0n) is 11.3. The third-order valence-electron chi connectivity index (χ3n) is 3.40. The van der Waals surface area contributed by atoms with E-state index in [0.29, 0.717) is 19.6 Å². The van der Waals surface area contributed by atoms with Gasteiger partial charge in [-0.3, -0.25) is 4.79 Å². The molecule has 2 rings (SSSR count). The predicted octanol–water partition coefficient (Wildman–Crippen LogP) is 1.96. The Kier molecular flexibility index (Phi) is 4.80. The van der Waals surface area contributed by atoms with Gasteiger partial charge in [-0.2, -0.15) is 0 Å². The first-order valence-electron chi connectivity index (χ1n) is 6.86. The lowest BCUT2D eigenvalue weighted by molar-refractivity contribution is -0.134. The molecule has 0 aromatic heterocycles. The van der Waals surface area contributed by atoms with Crippen molar-refractivity contribution in [3.63, 3.8) is 0 Å². The summed E-state index contributed by atoms with van der Waals surface area (Å²) in [4.78, 5) is 14.1. The van der Waals surface area contributed by atoms with Crippen molar-refractivity contribution in [2.24, 2.45) is 0 Å². The first kappa shape index (κ1) is 13.9. The van der Waals surface area contributed by atoms with Crippen LogP contribution in [0.5, 0.6) is 5.75 Å². The Balaban J connectivity index is 1.92. The summed E-state index contributed by atoms with van der Waals surface area (Å²) < 4.78 is 5.60. The Labute approximate surface area is 114 Å². The molecule has 1 N–H and O–H groups in total. The number of aromatic hydroxyl groups is 1. The maximum Gasteiger partial charge on any atom is 0.227 e. The van der Waals surface area contributed by atoms with E-state index in [4.69, 9.17) is 4.74 Å². The van der Waals surface area contributed by atoms with Gasteiger partial charge < -0.3 is 14.7 Å². The van der Waals surface area contributed by atoms with E-state index < -0.39 is 0 Å². The van der Waals surface area contributed by atoms with Crippen LogP contribution in [0.3, 0.4) is 0 Å². The van der Waals surface area contributed by atoms with E-state index in [1.807, 2.05) is 17.9 Å². The van der Waals surface area contributed by atoms with Crippen molar-refractivity contribution in [3.8, 4) is 5.75 Å². The van der Waals surface area contributed by atoms with E-state index in [1.54, 1.807) is 18.2 Å². The molecule has 1 amide bonds. The molecule has 1 aromatic rings. The van der Waals surface area contributed by atoms with Gasteiger partial charge in [0.05, 0.1) is 12.5 Å². The second-order valence-electron chi connectivity index (χ2n) is 4.91. The molecule has 1 unspecified atom stereocenters. The smallest absolute Gasteiger partial charge is 0.227 e. The summed E-state index contributed by atoms with van der Waals surface area (Å²) in [5, 5.41) is 9.40. The number of piperidine rings is 1.